The van der Waals surface area contributed by atoms with Crippen LogP contribution in [0.15, 0.2) is 12.2 Å². The summed E-state index contributed by atoms with van der Waals surface area (Å²) in [5, 5.41) is 0. The molecule has 0 aromatic carbocycles. The molecule has 0 bridgehead atoms. The van der Waals surface area contributed by atoms with Gasteiger partial charge >= 0.3 is 41.5 Å². The second-order valence-electron chi connectivity index (χ2n) is 6.84. The molecule has 0 rings (SSSR count). The van der Waals surface area contributed by atoms with Crippen molar-refractivity contribution in [2.24, 2.45) is 0 Å². The average Bonchev–Trinajstić information content (AvgIpc) is 2.63. The third-order valence-corrected chi connectivity index (χ3v) is 4.94. The predicted octanol–water partition coefficient (Wildman–Crippen LogP) is 1.33. The third kappa shape index (κ3) is 25.6. The zero-order valence-corrected chi connectivity index (χ0v) is 20.9. The molecule has 29 heavy (non-hydrogen) atoms. The number of unbranched alkanes of at least 4 members (excludes halogenated alkanes) is 10. The summed E-state index contributed by atoms with van der Waals surface area (Å²) in [4.78, 5) is 22.8. The van der Waals surface area contributed by atoms with Crippen LogP contribution in [0.4, 0.5) is 0 Å². The number of hydrogen-bond donors (Lipinski definition) is 1. The van der Waals surface area contributed by atoms with Gasteiger partial charge in [-0.25, -0.2) is 9.59 Å². The first-order valence-corrected chi connectivity index (χ1v) is 11.9. The Bertz CT molecular complexity index is 553. The topological polar surface area (TPSA) is 107 Å². The molecule has 0 aromatic heterocycles. The maximum Gasteiger partial charge on any atom is 1.00 e. The Morgan fingerprint density at radius 1 is 0.759 bits per heavy atom. The molecule has 0 radical (unpaired) electrons. The zero-order chi connectivity index (χ0) is 21.1. The summed E-state index contributed by atoms with van der Waals surface area (Å²) in [5.74, 6) is -1.85. The van der Waals surface area contributed by atoms with E-state index >= 15 is 0 Å². The van der Waals surface area contributed by atoms with Gasteiger partial charge in [0.25, 0.3) is 10.1 Å². The van der Waals surface area contributed by atoms with Crippen molar-refractivity contribution in [1.82, 2.24) is 0 Å². The van der Waals surface area contributed by atoms with Crippen molar-refractivity contribution in [2.45, 2.75) is 84.0 Å². The second kappa shape index (κ2) is 20.8. The van der Waals surface area contributed by atoms with Crippen LogP contribution >= 0.6 is 0 Å². The van der Waals surface area contributed by atoms with Gasteiger partial charge in [0, 0.05) is 12.2 Å². The molecule has 0 amide bonds. The molecule has 0 aromatic rings. The minimum absolute atomic E-state index is 0. The molecule has 0 unspecified atom stereocenters. The van der Waals surface area contributed by atoms with E-state index in [1.54, 1.807) is 0 Å². The minimum atomic E-state index is -4.06. The van der Waals surface area contributed by atoms with Crippen molar-refractivity contribution in [1.29, 1.82) is 0 Å². The van der Waals surface area contributed by atoms with E-state index in [2.05, 4.69) is 6.92 Å². The molecule has 0 aliphatic rings. The van der Waals surface area contributed by atoms with Crippen LogP contribution in [0, 0.1) is 0 Å². The number of hydrogen-bond acceptors (Lipinski definition) is 6. The van der Waals surface area contributed by atoms with E-state index in [1.165, 1.54) is 51.4 Å². The third-order valence-electron chi connectivity index (χ3n) is 4.14. The van der Waals surface area contributed by atoms with Crippen LogP contribution in [-0.2, 0) is 29.2 Å². The van der Waals surface area contributed by atoms with E-state index in [4.69, 9.17) is 14.0 Å². The molecule has 0 saturated heterocycles. The Kier molecular flexibility index (Phi) is 22.1. The Morgan fingerprint density at radius 2 is 1.14 bits per heavy atom. The molecule has 166 valence electrons. The molecule has 0 fully saturated rings. The summed E-state index contributed by atoms with van der Waals surface area (Å²) < 4.78 is 39.2. The number of carbonyl (C=O) groups excluding carboxylic acids is 2. The maximum atomic E-state index is 11.5. The summed E-state index contributed by atoms with van der Waals surface area (Å²) in [6, 6.07) is 0. The first-order valence-electron chi connectivity index (χ1n) is 10.3. The van der Waals surface area contributed by atoms with Crippen molar-refractivity contribution in [3.63, 3.8) is 0 Å². The Labute approximate surface area is 199 Å². The summed E-state index contributed by atoms with van der Waals surface area (Å²) in [7, 11) is -4.06. The van der Waals surface area contributed by atoms with Gasteiger partial charge in [0.1, 0.15) is 0 Å². The van der Waals surface area contributed by atoms with Crippen LogP contribution in [-0.4, -0.2) is 43.9 Å². The molecular weight excluding hydrogens is 407 g/mol. The smallest absolute Gasteiger partial charge is 1.00 e. The molecule has 0 atom stereocenters. The van der Waals surface area contributed by atoms with Gasteiger partial charge in [-0.05, 0) is 12.8 Å². The SMILES string of the molecule is CCCCCCCCCCCCCOC(=O)/C=C\C(=O)OCCCS(=O)(=O)O.[H-].[Na+]. The molecule has 0 aliphatic heterocycles. The molecule has 0 spiro atoms. The summed E-state index contributed by atoms with van der Waals surface area (Å²) in [6.45, 7) is 2.39. The van der Waals surface area contributed by atoms with Gasteiger partial charge in [-0.3, -0.25) is 4.55 Å². The van der Waals surface area contributed by atoms with E-state index in [0.717, 1.165) is 31.4 Å². The Balaban J connectivity index is -0.00000364. The number of rotatable bonds is 18. The van der Waals surface area contributed by atoms with E-state index in [-0.39, 0.29) is 44.0 Å². The minimum Gasteiger partial charge on any atom is -1.00 e. The van der Waals surface area contributed by atoms with Gasteiger partial charge < -0.3 is 10.9 Å². The number of esters is 2. The van der Waals surface area contributed by atoms with Crippen LogP contribution in [0.2, 0.25) is 0 Å². The summed E-state index contributed by atoms with van der Waals surface area (Å²) >= 11 is 0. The summed E-state index contributed by atoms with van der Waals surface area (Å²) in [6.07, 6.45) is 15.3. The predicted molar refractivity (Wildman–Crippen MR) is 110 cm³/mol. The number of carbonyl (C=O) groups is 2. The maximum absolute atomic E-state index is 11.5. The van der Waals surface area contributed by atoms with Crippen LogP contribution in [0.25, 0.3) is 0 Å². The van der Waals surface area contributed by atoms with Crippen LogP contribution < -0.4 is 29.6 Å². The van der Waals surface area contributed by atoms with Crippen LogP contribution in [0.1, 0.15) is 85.4 Å². The fourth-order valence-electron chi connectivity index (χ4n) is 2.59. The van der Waals surface area contributed by atoms with Crippen molar-refractivity contribution >= 4 is 22.1 Å². The largest absolute Gasteiger partial charge is 1.00 e. The van der Waals surface area contributed by atoms with Gasteiger partial charge in [-0.2, -0.15) is 8.42 Å². The van der Waals surface area contributed by atoms with Gasteiger partial charge in [0.15, 0.2) is 0 Å². The zero-order valence-electron chi connectivity index (χ0n) is 19.1. The quantitative estimate of drug-likeness (QED) is 0.112. The van der Waals surface area contributed by atoms with E-state index < -0.39 is 27.8 Å². The van der Waals surface area contributed by atoms with Crippen LogP contribution in [0.5, 0.6) is 0 Å². The van der Waals surface area contributed by atoms with Gasteiger partial charge in [-0.15, -0.1) is 0 Å². The molecule has 1 N–H and O–H groups in total. The molecule has 9 heteroatoms. The normalized spacial score (nSPS) is 11.2. The Hall–Kier alpha value is -0.410. The molecule has 0 saturated carbocycles. The molecule has 0 aliphatic carbocycles. The monoisotopic (exact) mass is 444 g/mol. The molecule has 0 heterocycles. The van der Waals surface area contributed by atoms with Crippen LogP contribution in [0.3, 0.4) is 0 Å². The van der Waals surface area contributed by atoms with Crippen molar-refractivity contribution in [3.05, 3.63) is 12.2 Å². The average molecular weight is 445 g/mol. The first kappa shape index (κ1) is 30.8. The summed E-state index contributed by atoms with van der Waals surface area (Å²) in [5.41, 5.74) is 0. The van der Waals surface area contributed by atoms with Gasteiger partial charge in [0.05, 0.1) is 19.0 Å². The number of ether oxygens (including phenoxy) is 2. The van der Waals surface area contributed by atoms with E-state index in [9.17, 15) is 18.0 Å². The standard InChI is InChI=1S/C20H36O7S.Na.H/c1-2-3-4-5-6-7-8-9-10-11-12-16-26-19(21)14-15-20(22)27-17-13-18-28(23,24)25;;/h14-15H,2-13,16-18H2,1H3,(H,23,24,25);;/q;+1;-1/b15-14-;;. The Morgan fingerprint density at radius 3 is 1.55 bits per heavy atom. The fraction of sp³-hybridized carbons (Fsp3) is 0.800. The van der Waals surface area contributed by atoms with Crippen molar-refractivity contribution in [3.8, 4) is 0 Å². The molecular formula is C20H37NaO7S. The molecule has 7 nitrogen and oxygen atoms in total. The van der Waals surface area contributed by atoms with E-state index in [0.29, 0.717) is 6.61 Å². The fourth-order valence-corrected chi connectivity index (χ4v) is 3.07. The first-order chi connectivity index (χ1) is 13.3. The van der Waals surface area contributed by atoms with Gasteiger partial charge in [0.2, 0.25) is 0 Å². The van der Waals surface area contributed by atoms with E-state index in [1.807, 2.05) is 0 Å². The van der Waals surface area contributed by atoms with Crippen molar-refractivity contribution in [2.75, 3.05) is 19.0 Å². The van der Waals surface area contributed by atoms with Gasteiger partial charge in [-0.1, -0.05) is 71.1 Å². The second-order valence-corrected chi connectivity index (χ2v) is 8.42. The van der Waals surface area contributed by atoms with Crippen molar-refractivity contribution < 1.29 is 63.0 Å².